The lowest BCUT2D eigenvalue weighted by molar-refractivity contribution is -0.0651. The Bertz CT molecular complexity index is 1040. The highest BCUT2D eigenvalue weighted by Crippen LogP contribution is 2.40. The van der Waals surface area contributed by atoms with Crippen molar-refractivity contribution in [3.05, 3.63) is 64.0 Å². The van der Waals surface area contributed by atoms with E-state index in [9.17, 15) is 5.11 Å². The molecule has 0 aliphatic carbocycles. The van der Waals surface area contributed by atoms with E-state index in [1.165, 1.54) is 15.6 Å². The highest BCUT2D eigenvalue weighted by molar-refractivity contribution is 7.17. The molecule has 0 radical (unpaired) electrons. The first-order valence-corrected chi connectivity index (χ1v) is 11.9. The summed E-state index contributed by atoms with van der Waals surface area (Å²) in [4.78, 5) is 2.57. The van der Waals surface area contributed by atoms with E-state index in [0.717, 1.165) is 55.6 Å². The van der Waals surface area contributed by atoms with E-state index in [-0.39, 0.29) is 12.2 Å². The first-order chi connectivity index (χ1) is 14.6. The number of nitrogens with zero attached hydrogens (tertiary/aromatic N) is 1. The predicted octanol–water partition coefficient (Wildman–Crippen LogP) is 4.77. The number of piperidine rings is 1. The topological polar surface area (TPSA) is 58.7 Å². The number of aromatic hydroxyl groups is 1. The Balaban J connectivity index is 1.26. The van der Waals surface area contributed by atoms with Gasteiger partial charge in [-0.05, 0) is 72.3 Å². The molecule has 30 heavy (non-hydrogen) atoms. The third-order valence-corrected chi connectivity index (χ3v) is 7.95. The minimum atomic E-state index is -0.111. The lowest BCUT2D eigenvalue weighted by Gasteiger charge is -2.40. The van der Waals surface area contributed by atoms with E-state index in [0.29, 0.717) is 18.2 Å². The normalized spacial score (nSPS) is 23.0. The summed E-state index contributed by atoms with van der Waals surface area (Å²) in [7, 11) is 0. The van der Waals surface area contributed by atoms with Gasteiger partial charge in [0.15, 0.2) is 0 Å². The van der Waals surface area contributed by atoms with Crippen LogP contribution in [-0.2, 0) is 17.7 Å². The fourth-order valence-electron chi connectivity index (χ4n) is 5.16. The summed E-state index contributed by atoms with van der Waals surface area (Å²) in [5.41, 5.74) is 10.5. The number of rotatable bonds is 4. The largest absolute Gasteiger partial charge is 0.507 e. The van der Waals surface area contributed by atoms with Crippen molar-refractivity contribution in [3.8, 4) is 5.75 Å². The van der Waals surface area contributed by atoms with Crippen LogP contribution in [0, 0.1) is 12.8 Å². The molecule has 5 heteroatoms. The van der Waals surface area contributed by atoms with Gasteiger partial charge in [-0.1, -0.05) is 30.3 Å². The molecule has 2 aliphatic rings. The molecule has 1 saturated heterocycles. The van der Waals surface area contributed by atoms with Crippen LogP contribution in [0.2, 0.25) is 0 Å². The molecule has 3 N–H and O–H groups in total. The van der Waals surface area contributed by atoms with Crippen LogP contribution < -0.4 is 5.73 Å². The number of aryl methyl sites for hydroxylation is 1. The number of phenols is 1. The van der Waals surface area contributed by atoms with Gasteiger partial charge in [-0.15, -0.1) is 11.3 Å². The van der Waals surface area contributed by atoms with Crippen molar-refractivity contribution in [1.82, 2.24) is 4.90 Å². The lowest BCUT2D eigenvalue weighted by atomic mass is 9.83. The van der Waals surface area contributed by atoms with Crippen LogP contribution in [0.5, 0.6) is 5.75 Å². The molecule has 0 saturated carbocycles. The standard InChI is InChI=1S/C25H30N2O2S/c1-16-6-7-20-21(25(16)28)12-22(29-23(20)13-26)17-8-10-27(11-9-17)14-18-15-30-24-5-3-2-4-19(18)24/h2-7,15,17,22-23,28H,8-14,26H2,1H3/t22-,23-/m0/s1. The maximum Gasteiger partial charge on any atom is 0.122 e. The van der Waals surface area contributed by atoms with Crippen molar-refractivity contribution in [1.29, 1.82) is 0 Å². The van der Waals surface area contributed by atoms with Gasteiger partial charge in [0.05, 0.1) is 12.2 Å². The minimum Gasteiger partial charge on any atom is -0.507 e. The smallest absolute Gasteiger partial charge is 0.122 e. The Hall–Kier alpha value is -1.92. The average Bonchev–Trinajstić information content (AvgIpc) is 3.19. The average molecular weight is 423 g/mol. The molecule has 2 aliphatic heterocycles. The molecule has 2 atom stereocenters. The molecule has 2 aromatic carbocycles. The highest BCUT2D eigenvalue weighted by atomic mass is 32.1. The monoisotopic (exact) mass is 422 g/mol. The van der Waals surface area contributed by atoms with E-state index >= 15 is 0 Å². The Morgan fingerprint density at radius 2 is 1.97 bits per heavy atom. The predicted molar refractivity (Wildman–Crippen MR) is 123 cm³/mol. The van der Waals surface area contributed by atoms with Crippen LogP contribution in [-0.4, -0.2) is 35.7 Å². The van der Waals surface area contributed by atoms with Gasteiger partial charge in [-0.3, -0.25) is 4.90 Å². The van der Waals surface area contributed by atoms with Crippen LogP contribution in [0.15, 0.2) is 41.8 Å². The van der Waals surface area contributed by atoms with Crippen molar-refractivity contribution in [2.75, 3.05) is 19.6 Å². The van der Waals surface area contributed by atoms with Crippen molar-refractivity contribution < 1.29 is 9.84 Å². The van der Waals surface area contributed by atoms with E-state index in [4.69, 9.17) is 10.5 Å². The molecular weight excluding hydrogens is 392 g/mol. The number of hydrogen-bond acceptors (Lipinski definition) is 5. The number of nitrogens with two attached hydrogens (primary N) is 1. The number of phenolic OH excluding ortho intramolecular Hbond substituents is 1. The van der Waals surface area contributed by atoms with Crippen molar-refractivity contribution in [2.45, 2.75) is 44.9 Å². The number of likely N-dealkylation sites (tertiary alicyclic amines) is 1. The Labute approximate surface area is 182 Å². The third-order valence-electron chi connectivity index (χ3n) is 6.94. The van der Waals surface area contributed by atoms with Gasteiger partial charge in [0.25, 0.3) is 0 Å². The van der Waals surface area contributed by atoms with Crippen molar-refractivity contribution in [3.63, 3.8) is 0 Å². The molecule has 158 valence electrons. The van der Waals surface area contributed by atoms with Gasteiger partial charge in [-0.25, -0.2) is 0 Å². The molecule has 1 fully saturated rings. The fourth-order valence-corrected chi connectivity index (χ4v) is 6.11. The first kappa shape index (κ1) is 20.0. The molecule has 3 aromatic rings. The third kappa shape index (κ3) is 3.65. The van der Waals surface area contributed by atoms with Crippen LogP contribution in [0.1, 0.15) is 41.2 Å². The molecule has 0 unspecified atom stereocenters. The summed E-state index contributed by atoms with van der Waals surface area (Å²) >= 11 is 1.84. The van der Waals surface area contributed by atoms with E-state index < -0.39 is 0 Å². The number of benzene rings is 2. The maximum absolute atomic E-state index is 10.6. The number of fused-ring (bicyclic) bond motifs is 2. The molecule has 0 spiro atoms. The summed E-state index contributed by atoms with van der Waals surface area (Å²) in [5.74, 6) is 0.948. The molecule has 3 heterocycles. The van der Waals surface area contributed by atoms with Crippen LogP contribution in [0.25, 0.3) is 10.1 Å². The first-order valence-electron chi connectivity index (χ1n) is 11.0. The van der Waals surface area contributed by atoms with Gasteiger partial charge in [0.2, 0.25) is 0 Å². The van der Waals surface area contributed by atoms with Gasteiger partial charge in [0.1, 0.15) is 5.75 Å². The zero-order valence-corrected chi connectivity index (χ0v) is 18.3. The number of hydrogen-bond donors (Lipinski definition) is 2. The fraction of sp³-hybridized carbons (Fsp3) is 0.440. The van der Waals surface area contributed by atoms with E-state index in [1.54, 1.807) is 0 Å². The quantitative estimate of drug-likeness (QED) is 0.636. The Morgan fingerprint density at radius 3 is 2.77 bits per heavy atom. The summed E-state index contributed by atoms with van der Waals surface area (Å²) in [5, 5.41) is 14.4. The van der Waals surface area contributed by atoms with Crippen LogP contribution in [0.4, 0.5) is 0 Å². The number of thiophene rings is 1. The highest BCUT2D eigenvalue weighted by Gasteiger charge is 2.35. The van der Waals surface area contributed by atoms with Crippen LogP contribution in [0.3, 0.4) is 0 Å². The molecule has 5 rings (SSSR count). The second kappa shape index (κ2) is 8.31. The molecule has 0 amide bonds. The minimum absolute atomic E-state index is 0.111. The molecule has 0 bridgehead atoms. The van der Waals surface area contributed by atoms with Crippen molar-refractivity contribution in [2.24, 2.45) is 11.7 Å². The zero-order valence-electron chi connectivity index (χ0n) is 17.5. The summed E-state index contributed by atoms with van der Waals surface area (Å²) in [6, 6.07) is 12.7. The number of ether oxygens (including phenoxy) is 1. The molecule has 1 aromatic heterocycles. The van der Waals surface area contributed by atoms with Crippen LogP contribution >= 0.6 is 11.3 Å². The lowest BCUT2D eigenvalue weighted by Crippen LogP contribution is -2.41. The van der Waals surface area contributed by atoms with E-state index in [1.807, 2.05) is 24.3 Å². The maximum atomic E-state index is 10.6. The zero-order chi connectivity index (χ0) is 20.7. The summed E-state index contributed by atoms with van der Waals surface area (Å²) < 4.78 is 7.82. The van der Waals surface area contributed by atoms with Gasteiger partial charge in [0, 0.05) is 29.8 Å². The van der Waals surface area contributed by atoms with Crippen molar-refractivity contribution >= 4 is 21.4 Å². The summed E-state index contributed by atoms with van der Waals surface area (Å²) in [6.07, 6.45) is 3.08. The Kier molecular flexibility index (Phi) is 5.54. The van der Waals surface area contributed by atoms with Gasteiger partial charge >= 0.3 is 0 Å². The van der Waals surface area contributed by atoms with Gasteiger partial charge in [-0.2, -0.15) is 0 Å². The molecule has 4 nitrogen and oxygen atoms in total. The Morgan fingerprint density at radius 1 is 1.17 bits per heavy atom. The van der Waals surface area contributed by atoms with Gasteiger partial charge < -0.3 is 15.6 Å². The second-order valence-electron chi connectivity index (χ2n) is 8.77. The second-order valence-corrected chi connectivity index (χ2v) is 9.68. The summed E-state index contributed by atoms with van der Waals surface area (Å²) in [6.45, 7) is 5.63. The molecular formula is C25H30N2O2S. The SMILES string of the molecule is Cc1ccc2c(c1O)C[C@@H](C1CCN(Cc3csc4ccccc34)CC1)O[C@H]2CN. The van der Waals surface area contributed by atoms with E-state index in [2.05, 4.69) is 40.6 Å².